The minimum absolute atomic E-state index is 0.0789. The van der Waals surface area contributed by atoms with Crippen molar-refractivity contribution in [2.75, 3.05) is 18.4 Å². The van der Waals surface area contributed by atoms with Gasteiger partial charge in [0.2, 0.25) is 5.91 Å². The summed E-state index contributed by atoms with van der Waals surface area (Å²) in [7, 11) is 0. The molecule has 1 rings (SSSR count). The third kappa shape index (κ3) is 3.98. The number of hydrogen-bond donors (Lipinski definition) is 2. The molecule has 1 amide bonds. The van der Waals surface area contributed by atoms with E-state index in [1.54, 1.807) is 18.2 Å². The second-order valence-corrected chi connectivity index (χ2v) is 4.08. The summed E-state index contributed by atoms with van der Waals surface area (Å²) in [4.78, 5) is 21.1. The lowest BCUT2D eigenvalue weighted by Crippen LogP contribution is -2.26. The number of nitroso groups, excluding NO2 is 1. The lowest BCUT2D eigenvalue weighted by Gasteiger charge is -2.08. The van der Waals surface area contributed by atoms with Gasteiger partial charge in [-0.25, -0.2) is 0 Å². The quantitative estimate of drug-likeness (QED) is 0.645. The number of hydrogen-bond acceptors (Lipinski definition) is 4. The van der Waals surface area contributed by atoms with E-state index in [0.29, 0.717) is 24.5 Å². The summed E-state index contributed by atoms with van der Waals surface area (Å²) in [5, 5.41) is 8.57. The number of anilines is 1. The predicted octanol–water partition coefficient (Wildman–Crippen LogP) is 2.39. The summed E-state index contributed by atoms with van der Waals surface area (Å²) in [6.07, 6.45) is 0. The van der Waals surface area contributed by atoms with Crippen molar-refractivity contribution >= 4 is 33.2 Å². The van der Waals surface area contributed by atoms with Crippen molar-refractivity contribution in [2.24, 2.45) is 5.18 Å². The minimum atomic E-state index is -0.0789. The lowest BCUT2D eigenvalue weighted by molar-refractivity contribution is -0.118. The third-order valence-corrected chi connectivity index (χ3v) is 2.36. The van der Waals surface area contributed by atoms with E-state index in [9.17, 15) is 9.70 Å². The molecule has 0 aliphatic carbocycles. The fraction of sp³-hybridized carbons (Fsp3) is 0.300. The van der Waals surface area contributed by atoms with Crippen LogP contribution in [0.25, 0.3) is 0 Å². The second-order valence-electron chi connectivity index (χ2n) is 3.16. The van der Waals surface area contributed by atoms with E-state index >= 15 is 0 Å². The Morgan fingerprint density at radius 1 is 1.44 bits per heavy atom. The molecule has 0 radical (unpaired) electrons. The van der Waals surface area contributed by atoms with Crippen LogP contribution < -0.4 is 10.6 Å². The summed E-state index contributed by atoms with van der Waals surface area (Å²) in [6.45, 7) is 2.50. The normalized spacial score (nSPS) is 9.62. The number of carbonyl (C=O) groups excluding carboxylic acids is 1. The minimum Gasteiger partial charge on any atom is -0.381 e. The smallest absolute Gasteiger partial charge is 0.216 e. The topological polar surface area (TPSA) is 70.6 Å². The van der Waals surface area contributed by atoms with Crippen LogP contribution in [0.3, 0.4) is 0 Å². The van der Waals surface area contributed by atoms with Crippen molar-refractivity contribution < 1.29 is 4.79 Å². The van der Waals surface area contributed by atoms with E-state index < -0.39 is 0 Å². The van der Waals surface area contributed by atoms with Gasteiger partial charge in [-0.05, 0) is 23.4 Å². The Bertz CT molecular complexity index is 396. The maximum Gasteiger partial charge on any atom is 0.216 e. The van der Waals surface area contributed by atoms with Gasteiger partial charge in [-0.1, -0.05) is 15.9 Å². The third-order valence-electron chi connectivity index (χ3n) is 1.87. The van der Waals surface area contributed by atoms with E-state index in [0.717, 1.165) is 4.47 Å². The van der Waals surface area contributed by atoms with E-state index in [4.69, 9.17) is 0 Å². The molecule has 0 atom stereocenters. The van der Waals surface area contributed by atoms with Crippen LogP contribution in [0.15, 0.2) is 27.8 Å². The van der Waals surface area contributed by atoms with Gasteiger partial charge in [-0.3, -0.25) is 4.79 Å². The Balaban J connectivity index is 2.55. The molecule has 0 saturated carbocycles. The van der Waals surface area contributed by atoms with E-state index in [1.807, 2.05) is 0 Å². The van der Waals surface area contributed by atoms with Gasteiger partial charge in [0.05, 0.1) is 5.69 Å². The summed E-state index contributed by atoms with van der Waals surface area (Å²) < 4.78 is 0.863. The highest BCUT2D eigenvalue weighted by atomic mass is 79.9. The van der Waals surface area contributed by atoms with E-state index in [-0.39, 0.29) is 5.91 Å². The van der Waals surface area contributed by atoms with Crippen LogP contribution in [0.2, 0.25) is 0 Å². The molecular weight excluding hydrogens is 274 g/mol. The van der Waals surface area contributed by atoms with Crippen molar-refractivity contribution in [3.8, 4) is 0 Å². The number of nitrogens with zero attached hydrogens (tertiary/aromatic N) is 1. The molecule has 1 aromatic rings. The van der Waals surface area contributed by atoms with Crippen molar-refractivity contribution in [2.45, 2.75) is 6.92 Å². The van der Waals surface area contributed by atoms with E-state index in [1.165, 1.54) is 6.92 Å². The molecule has 0 heterocycles. The van der Waals surface area contributed by atoms with Gasteiger partial charge in [-0.15, -0.1) is 4.91 Å². The molecule has 0 aliphatic rings. The van der Waals surface area contributed by atoms with Crippen molar-refractivity contribution in [3.63, 3.8) is 0 Å². The highest BCUT2D eigenvalue weighted by molar-refractivity contribution is 9.10. The molecule has 16 heavy (non-hydrogen) atoms. The second kappa shape index (κ2) is 6.22. The monoisotopic (exact) mass is 285 g/mol. The molecule has 0 spiro atoms. The highest BCUT2D eigenvalue weighted by Gasteiger charge is 2.02. The zero-order valence-corrected chi connectivity index (χ0v) is 10.4. The molecule has 0 bridgehead atoms. The van der Waals surface area contributed by atoms with Crippen LogP contribution in [-0.2, 0) is 4.79 Å². The van der Waals surface area contributed by atoms with Crippen molar-refractivity contribution in [1.29, 1.82) is 0 Å². The maximum absolute atomic E-state index is 10.6. The number of carbonyl (C=O) groups is 1. The van der Waals surface area contributed by atoms with Crippen molar-refractivity contribution in [1.82, 2.24) is 5.32 Å². The Morgan fingerprint density at radius 3 is 2.81 bits per heavy atom. The van der Waals surface area contributed by atoms with Gasteiger partial charge >= 0.3 is 0 Å². The Labute approximate surface area is 102 Å². The first-order valence-electron chi connectivity index (χ1n) is 4.74. The van der Waals surface area contributed by atoms with Crippen LogP contribution >= 0.6 is 15.9 Å². The number of amides is 1. The molecule has 0 aromatic heterocycles. The molecular formula is C10H12BrN3O2. The number of rotatable bonds is 5. The SMILES string of the molecule is CC(=O)NCCNc1cc(Br)ccc1N=O. The molecule has 0 fully saturated rings. The Kier molecular flexibility index (Phi) is 4.91. The Hall–Kier alpha value is -1.43. The lowest BCUT2D eigenvalue weighted by atomic mass is 10.2. The predicted molar refractivity (Wildman–Crippen MR) is 66.8 cm³/mol. The largest absolute Gasteiger partial charge is 0.381 e. The van der Waals surface area contributed by atoms with Crippen LogP contribution in [-0.4, -0.2) is 19.0 Å². The van der Waals surface area contributed by atoms with Crippen LogP contribution in [0.4, 0.5) is 11.4 Å². The van der Waals surface area contributed by atoms with Gasteiger partial charge in [-0.2, -0.15) is 0 Å². The molecule has 0 aliphatic heterocycles. The fourth-order valence-electron chi connectivity index (χ4n) is 1.17. The fourth-order valence-corrected chi connectivity index (χ4v) is 1.53. The zero-order chi connectivity index (χ0) is 12.0. The van der Waals surface area contributed by atoms with E-state index in [2.05, 4.69) is 31.7 Å². The number of nitrogens with one attached hydrogen (secondary N) is 2. The number of halogens is 1. The first kappa shape index (κ1) is 12.6. The standard InChI is InChI=1S/C10H12BrN3O2/c1-7(15)12-4-5-13-10-6-8(11)2-3-9(10)14-16/h2-3,6,13H,4-5H2,1H3,(H,12,15). The summed E-state index contributed by atoms with van der Waals surface area (Å²) in [5.74, 6) is -0.0789. The maximum atomic E-state index is 10.6. The first-order chi connectivity index (χ1) is 7.63. The summed E-state index contributed by atoms with van der Waals surface area (Å²) in [6, 6.07) is 5.14. The summed E-state index contributed by atoms with van der Waals surface area (Å²) in [5.41, 5.74) is 1.00. The van der Waals surface area contributed by atoms with Crippen molar-refractivity contribution in [3.05, 3.63) is 27.6 Å². The van der Waals surface area contributed by atoms with Gasteiger partial charge < -0.3 is 10.6 Å². The molecule has 5 nitrogen and oxygen atoms in total. The van der Waals surface area contributed by atoms with Gasteiger partial charge in [0.15, 0.2) is 0 Å². The van der Waals surface area contributed by atoms with Crippen LogP contribution in [0.5, 0.6) is 0 Å². The molecule has 0 unspecified atom stereocenters. The number of benzene rings is 1. The van der Waals surface area contributed by atoms with Gasteiger partial charge in [0.1, 0.15) is 5.69 Å². The Morgan fingerprint density at radius 2 is 2.19 bits per heavy atom. The average molecular weight is 286 g/mol. The van der Waals surface area contributed by atoms with Crippen LogP contribution in [0.1, 0.15) is 6.92 Å². The highest BCUT2D eigenvalue weighted by Crippen LogP contribution is 2.27. The van der Waals surface area contributed by atoms with Gasteiger partial charge in [0, 0.05) is 24.5 Å². The molecule has 1 aromatic carbocycles. The molecule has 0 saturated heterocycles. The molecule has 86 valence electrons. The first-order valence-corrected chi connectivity index (χ1v) is 5.54. The molecule has 6 heteroatoms. The van der Waals surface area contributed by atoms with Crippen LogP contribution in [0, 0.1) is 4.91 Å². The van der Waals surface area contributed by atoms with Gasteiger partial charge in [0.25, 0.3) is 0 Å². The zero-order valence-electron chi connectivity index (χ0n) is 8.79. The average Bonchev–Trinajstić information content (AvgIpc) is 2.24. The summed E-state index contributed by atoms with van der Waals surface area (Å²) >= 11 is 3.30. The molecule has 2 N–H and O–H groups in total.